The third kappa shape index (κ3) is 4.12. The Balaban J connectivity index is 1.60. The maximum absolute atomic E-state index is 11.5. The predicted molar refractivity (Wildman–Crippen MR) is 94.9 cm³/mol. The molecule has 0 spiro atoms. The first-order valence-corrected chi connectivity index (χ1v) is 8.75. The molecular formula is C18H24N6O2. The number of ether oxygens (including phenoxy) is 1. The third-order valence-corrected chi connectivity index (χ3v) is 4.48. The molecule has 8 heteroatoms. The molecule has 8 nitrogen and oxygen atoms in total. The Labute approximate surface area is 153 Å². The van der Waals surface area contributed by atoms with Crippen molar-refractivity contribution < 1.29 is 9.53 Å². The van der Waals surface area contributed by atoms with Crippen LogP contribution >= 0.6 is 0 Å². The Kier molecular flexibility index (Phi) is 5.71. The van der Waals surface area contributed by atoms with E-state index in [1.165, 1.54) is 7.11 Å². The van der Waals surface area contributed by atoms with Crippen molar-refractivity contribution in [3.05, 3.63) is 41.0 Å². The summed E-state index contributed by atoms with van der Waals surface area (Å²) >= 11 is 0. The minimum Gasteiger partial charge on any atom is -0.375 e. The molecule has 0 aromatic carbocycles. The fourth-order valence-corrected chi connectivity index (χ4v) is 3.24. The Bertz CT molecular complexity index is 816. The van der Waals surface area contributed by atoms with E-state index in [1.54, 1.807) is 0 Å². The second-order valence-electron chi connectivity index (χ2n) is 6.40. The number of nitriles is 1. The molecule has 0 fully saturated rings. The molecule has 2 aromatic heterocycles. The highest BCUT2D eigenvalue weighted by molar-refractivity contribution is 5.77. The van der Waals surface area contributed by atoms with Crippen molar-refractivity contribution in [2.75, 3.05) is 20.3 Å². The van der Waals surface area contributed by atoms with Gasteiger partial charge in [0.2, 0.25) is 5.91 Å². The molecule has 1 N–H and O–H groups in total. The molecule has 1 aliphatic rings. The molecule has 3 heterocycles. The Morgan fingerprint density at radius 1 is 1.42 bits per heavy atom. The largest absolute Gasteiger partial charge is 0.375 e. The van der Waals surface area contributed by atoms with E-state index in [1.807, 2.05) is 28.3 Å². The Hall–Kier alpha value is -2.63. The van der Waals surface area contributed by atoms with Gasteiger partial charge in [-0.2, -0.15) is 10.4 Å². The van der Waals surface area contributed by atoms with Crippen molar-refractivity contribution in [1.82, 2.24) is 24.6 Å². The van der Waals surface area contributed by atoms with Gasteiger partial charge < -0.3 is 14.6 Å². The minimum atomic E-state index is -0.145. The molecule has 0 saturated carbocycles. The van der Waals surface area contributed by atoms with Gasteiger partial charge in [-0.25, -0.2) is 0 Å². The highest BCUT2D eigenvalue weighted by Crippen LogP contribution is 2.18. The number of fused-ring (bicyclic) bond motifs is 1. The predicted octanol–water partition coefficient (Wildman–Crippen LogP) is 0.855. The summed E-state index contributed by atoms with van der Waals surface area (Å²) < 4.78 is 8.79. The molecule has 26 heavy (non-hydrogen) atoms. The first-order chi connectivity index (χ1) is 12.6. The lowest BCUT2D eigenvalue weighted by atomic mass is 10.2. The summed E-state index contributed by atoms with van der Waals surface area (Å²) in [5.74, 6) is -0.145. The van der Waals surface area contributed by atoms with Crippen molar-refractivity contribution >= 4 is 5.91 Å². The van der Waals surface area contributed by atoms with Crippen LogP contribution in [0.5, 0.6) is 0 Å². The van der Waals surface area contributed by atoms with Crippen LogP contribution in [0.1, 0.15) is 29.6 Å². The van der Waals surface area contributed by atoms with Crippen LogP contribution in [-0.2, 0) is 42.3 Å². The van der Waals surface area contributed by atoms with Gasteiger partial charge in [0.25, 0.3) is 0 Å². The zero-order valence-corrected chi connectivity index (χ0v) is 15.2. The zero-order chi connectivity index (χ0) is 18.5. The lowest BCUT2D eigenvalue weighted by Crippen LogP contribution is -2.33. The number of carbonyl (C=O) groups is 1. The quantitative estimate of drug-likeness (QED) is 0.795. The molecule has 0 radical (unpaired) electrons. The summed E-state index contributed by atoms with van der Waals surface area (Å²) in [6.45, 7) is 6.65. The number of rotatable bonds is 7. The van der Waals surface area contributed by atoms with E-state index in [0.717, 1.165) is 49.7 Å². The number of carbonyl (C=O) groups excluding carboxylic acids is 1. The molecular weight excluding hydrogens is 332 g/mol. The second kappa shape index (κ2) is 8.17. The average Bonchev–Trinajstić information content (AvgIpc) is 3.22. The number of nitrogens with one attached hydrogen (secondary N) is 1. The van der Waals surface area contributed by atoms with Gasteiger partial charge in [0.1, 0.15) is 18.4 Å². The SMILES string of the molecule is CCn1cc(CN2CCn3nc(CNC(=O)COC)cc3C2)cc1C#N. The highest BCUT2D eigenvalue weighted by Gasteiger charge is 2.19. The molecule has 1 amide bonds. The van der Waals surface area contributed by atoms with E-state index in [0.29, 0.717) is 12.2 Å². The highest BCUT2D eigenvalue weighted by atomic mass is 16.5. The number of nitrogens with zero attached hydrogens (tertiary/aromatic N) is 5. The van der Waals surface area contributed by atoms with Crippen LogP contribution in [0.2, 0.25) is 0 Å². The summed E-state index contributed by atoms with van der Waals surface area (Å²) in [5, 5.41) is 16.5. The Morgan fingerprint density at radius 3 is 2.96 bits per heavy atom. The van der Waals surface area contributed by atoms with Crippen molar-refractivity contribution in [2.24, 2.45) is 0 Å². The molecule has 0 unspecified atom stereocenters. The first-order valence-electron chi connectivity index (χ1n) is 8.75. The number of hydrogen-bond donors (Lipinski definition) is 1. The van der Waals surface area contributed by atoms with Crippen molar-refractivity contribution in [2.45, 2.75) is 39.6 Å². The van der Waals surface area contributed by atoms with Gasteiger partial charge >= 0.3 is 0 Å². The van der Waals surface area contributed by atoms with E-state index >= 15 is 0 Å². The van der Waals surface area contributed by atoms with Crippen LogP contribution in [0.3, 0.4) is 0 Å². The topological polar surface area (TPSA) is 88.1 Å². The lowest BCUT2D eigenvalue weighted by molar-refractivity contribution is -0.124. The van der Waals surface area contributed by atoms with E-state index in [-0.39, 0.29) is 12.5 Å². The summed E-state index contributed by atoms with van der Waals surface area (Å²) in [6, 6.07) is 6.25. The van der Waals surface area contributed by atoms with Crippen LogP contribution in [0, 0.1) is 11.3 Å². The van der Waals surface area contributed by atoms with Crippen molar-refractivity contribution in [3.63, 3.8) is 0 Å². The molecule has 3 rings (SSSR count). The molecule has 0 atom stereocenters. The van der Waals surface area contributed by atoms with Crippen molar-refractivity contribution in [3.8, 4) is 6.07 Å². The van der Waals surface area contributed by atoms with Gasteiger partial charge in [-0.15, -0.1) is 0 Å². The summed E-state index contributed by atoms with van der Waals surface area (Å²) in [6.07, 6.45) is 2.06. The lowest BCUT2D eigenvalue weighted by Gasteiger charge is -2.27. The van der Waals surface area contributed by atoms with Gasteiger partial charge in [0, 0.05) is 39.5 Å². The number of aromatic nitrogens is 3. The fourth-order valence-electron chi connectivity index (χ4n) is 3.24. The molecule has 2 aromatic rings. The summed E-state index contributed by atoms with van der Waals surface area (Å²) in [7, 11) is 1.50. The molecule has 0 aliphatic carbocycles. The van der Waals surface area contributed by atoms with Crippen LogP contribution in [0.4, 0.5) is 0 Å². The van der Waals surface area contributed by atoms with Crippen LogP contribution in [0.25, 0.3) is 0 Å². The summed E-state index contributed by atoms with van der Waals surface area (Å²) in [5.41, 5.74) is 3.86. The van der Waals surface area contributed by atoms with Gasteiger partial charge in [-0.05, 0) is 24.6 Å². The van der Waals surface area contributed by atoms with Crippen LogP contribution < -0.4 is 5.32 Å². The Morgan fingerprint density at radius 2 is 2.27 bits per heavy atom. The van der Waals surface area contributed by atoms with E-state index in [4.69, 9.17) is 4.74 Å². The van der Waals surface area contributed by atoms with Crippen LogP contribution in [-0.4, -0.2) is 45.4 Å². The van der Waals surface area contributed by atoms with Gasteiger partial charge in [-0.3, -0.25) is 14.4 Å². The number of aryl methyl sites for hydroxylation is 1. The van der Waals surface area contributed by atoms with Crippen LogP contribution in [0.15, 0.2) is 18.3 Å². The van der Waals surface area contributed by atoms with Gasteiger partial charge in [-0.1, -0.05) is 0 Å². The smallest absolute Gasteiger partial charge is 0.246 e. The fraction of sp³-hybridized carbons (Fsp3) is 0.500. The third-order valence-electron chi connectivity index (χ3n) is 4.48. The van der Waals surface area contributed by atoms with E-state index < -0.39 is 0 Å². The maximum Gasteiger partial charge on any atom is 0.246 e. The molecule has 0 saturated heterocycles. The number of amides is 1. The minimum absolute atomic E-state index is 0.0590. The second-order valence-corrected chi connectivity index (χ2v) is 6.40. The summed E-state index contributed by atoms with van der Waals surface area (Å²) in [4.78, 5) is 13.8. The van der Waals surface area contributed by atoms with E-state index in [9.17, 15) is 10.1 Å². The number of methoxy groups -OCH3 is 1. The van der Waals surface area contributed by atoms with E-state index in [2.05, 4.69) is 27.6 Å². The van der Waals surface area contributed by atoms with Crippen molar-refractivity contribution in [1.29, 1.82) is 5.26 Å². The average molecular weight is 356 g/mol. The normalized spacial score (nSPS) is 14.0. The monoisotopic (exact) mass is 356 g/mol. The standard InChI is InChI=1S/C18H24N6O2/c1-3-23-11-14(6-16(23)8-19)10-22-4-5-24-17(12-22)7-15(21-24)9-20-18(25)13-26-2/h6-7,11H,3-5,9-10,12-13H2,1-2H3,(H,20,25). The number of hydrogen-bond acceptors (Lipinski definition) is 5. The first kappa shape index (κ1) is 18.2. The molecule has 138 valence electrons. The van der Waals surface area contributed by atoms with Gasteiger partial charge in [0.05, 0.1) is 24.5 Å². The molecule has 0 bridgehead atoms. The molecule has 1 aliphatic heterocycles. The zero-order valence-electron chi connectivity index (χ0n) is 15.2. The maximum atomic E-state index is 11.5. The van der Waals surface area contributed by atoms with Gasteiger partial charge in [0.15, 0.2) is 0 Å².